The highest BCUT2D eigenvalue weighted by Gasteiger charge is 2.40. The number of alkyl halides is 2. The van der Waals surface area contributed by atoms with Crippen LogP contribution in [0.15, 0.2) is 0 Å². The molecule has 0 radical (unpaired) electrons. The monoisotopic (exact) mass is 396 g/mol. The number of rotatable bonds is 10. The Morgan fingerprint density at radius 1 is 1.32 bits per heavy atom. The van der Waals surface area contributed by atoms with Crippen LogP contribution in [0.2, 0.25) is 0 Å². The zero-order chi connectivity index (χ0) is 16.6. The van der Waals surface area contributed by atoms with Crippen molar-refractivity contribution in [3.63, 3.8) is 0 Å². The molecule has 1 heterocycles. The molecular weight excluding hydrogens is 374 g/mol. The van der Waals surface area contributed by atoms with Gasteiger partial charge in [-0.25, -0.2) is 9.34 Å². The van der Waals surface area contributed by atoms with Crippen LogP contribution in [0, 0.1) is 0 Å². The minimum atomic E-state index is -3.47. The van der Waals surface area contributed by atoms with Crippen LogP contribution >= 0.6 is 30.9 Å². The average molecular weight is 397 g/mol. The molecule has 0 aromatic heterocycles. The van der Waals surface area contributed by atoms with Crippen LogP contribution in [0.5, 0.6) is 0 Å². The Bertz CT molecular complexity index is 477. The van der Waals surface area contributed by atoms with Crippen molar-refractivity contribution in [1.82, 2.24) is 9.34 Å². The first-order valence-electron chi connectivity index (χ1n) is 7.05. The molecule has 1 aliphatic heterocycles. The lowest BCUT2D eigenvalue weighted by Crippen LogP contribution is -2.39. The maximum Gasteiger partial charge on any atom is 0.346 e. The normalized spacial score (nSPS) is 24.0. The molecule has 1 fully saturated rings. The van der Waals surface area contributed by atoms with E-state index in [2.05, 4.69) is 0 Å². The largest absolute Gasteiger partial charge is 0.346 e. The van der Waals surface area contributed by atoms with E-state index >= 15 is 0 Å². The molecule has 0 N–H and O–H groups in total. The third kappa shape index (κ3) is 6.61. The highest BCUT2D eigenvalue weighted by Crippen LogP contribution is 2.56. The van der Waals surface area contributed by atoms with Gasteiger partial charge in [-0.15, -0.1) is 23.2 Å². The van der Waals surface area contributed by atoms with Crippen LogP contribution in [-0.2, 0) is 23.4 Å². The van der Waals surface area contributed by atoms with Crippen molar-refractivity contribution < 1.29 is 21.7 Å². The zero-order valence-electron chi connectivity index (χ0n) is 12.6. The lowest BCUT2D eigenvalue weighted by Gasteiger charge is -2.40. The third-order valence-corrected chi connectivity index (χ3v) is 6.76. The maximum atomic E-state index is 13.2. The van der Waals surface area contributed by atoms with Crippen molar-refractivity contribution in [2.24, 2.45) is 0 Å². The van der Waals surface area contributed by atoms with Gasteiger partial charge in [0.25, 0.3) is 10.1 Å². The molecular formula is C11H23Cl2N2O5PS. The first-order valence-corrected chi connectivity index (χ1v) is 11.5. The van der Waals surface area contributed by atoms with Gasteiger partial charge in [-0.3, -0.25) is 8.75 Å². The fraction of sp³-hybridized carbons (Fsp3) is 1.00. The van der Waals surface area contributed by atoms with Crippen LogP contribution in [0.25, 0.3) is 0 Å². The molecule has 0 aromatic rings. The molecule has 0 aliphatic carbocycles. The van der Waals surface area contributed by atoms with Crippen LogP contribution in [-0.4, -0.2) is 75.2 Å². The predicted molar refractivity (Wildman–Crippen MR) is 88.2 cm³/mol. The molecule has 0 amide bonds. The second-order valence-corrected chi connectivity index (χ2v) is 9.61. The van der Waals surface area contributed by atoms with Crippen molar-refractivity contribution in [2.45, 2.75) is 12.8 Å². The lowest BCUT2D eigenvalue weighted by atomic mass is 10.4. The van der Waals surface area contributed by atoms with Crippen LogP contribution < -0.4 is 0 Å². The van der Waals surface area contributed by atoms with Crippen LogP contribution in [0.1, 0.15) is 12.8 Å². The maximum absolute atomic E-state index is 13.2. The van der Waals surface area contributed by atoms with Crippen molar-refractivity contribution in [1.29, 1.82) is 0 Å². The summed E-state index contributed by atoms with van der Waals surface area (Å²) >= 11 is 11.6. The second kappa shape index (κ2) is 9.79. The van der Waals surface area contributed by atoms with E-state index < -0.39 is 17.8 Å². The Morgan fingerprint density at radius 3 is 2.64 bits per heavy atom. The van der Waals surface area contributed by atoms with E-state index in [9.17, 15) is 13.0 Å². The highest BCUT2D eigenvalue weighted by atomic mass is 35.5. The standard InChI is InChI=1S/C11H23Cl2N2O5PS/c1-22(17,18)20-11-3-7-15(9-5-13)21(16)14(8-4-12)6-2-10-19-21/h2-11H2,1H3. The van der Waals surface area contributed by atoms with Crippen molar-refractivity contribution in [3.05, 3.63) is 0 Å². The summed E-state index contributed by atoms with van der Waals surface area (Å²) in [6, 6.07) is 0. The quantitative estimate of drug-likeness (QED) is 0.241. The molecule has 1 atom stereocenters. The van der Waals surface area contributed by atoms with Gasteiger partial charge in [0, 0.05) is 37.9 Å². The molecule has 7 nitrogen and oxygen atoms in total. The molecule has 22 heavy (non-hydrogen) atoms. The topological polar surface area (TPSA) is 76.2 Å². The molecule has 1 unspecified atom stereocenters. The Hall–Kier alpha value is 0.600. The summed E-state index contributed by atoms with van der Waals surface area (Å²) in [4.78, 5) is 0. The van der Waals surface area contributed by atoms with Gasteiger partial charge < -0.3 is 4.52 Å². The van der Waals surface area contributed by atoms with Gasteiger partial charge in [-0.2, -0.15) is 8.42 Å². The number of halogens is 2. The molecule has 132 valence electrons. The molecule has 1 saturated heterocycles. The zero-order valence-corrected chi connectivity index (χ0v) is 15.8. The van der Waals surface area contributed by atoms with Gasteiger partial charge >= 0.3 is 7.67 Å². The number of hydrogen-bond acceptors (Lipinski definition) is 5. The van der Waals surface area contributed by atoms with Crippen LogP contribution in [0.3, 0.4) is 0 Å². The summed E-state index contributed by atoms with van der Waals surface area (Å²) in [5.41, 5.74) is 0. The third-order valence-electron chi connectivity index (χ3n) is 3.08. The van der Waals surface area contributed by atoms with E-state index in [1.807, 2.05) is 0 Å². The molecule has 11 heteroatoms. The summed E-state index contributed by atoms with van der Waals surface area (Å²) in [5, 5.41) is 0. The van der Waals surface area contributed by atoms with Crippen molar-refractivity contribution in [3.8, 4) is 0 Å². The van der Waals surface area contributed by atoms with E-state index in [4.69, 9.17) is 31.9 Å². The Labute approximate surface area is 142 Å². The summed E-state index contributed by atoms with van der Waals surface area (Å²) in [6.07, 6.45) is 2.21. The highest BCUT2D eigenvalue weighted by molar-refractivity contribution is 7.85. The minimum Gasteiger partial charge on any atom is -0.306 e. The number of hydrogen-bond donors (Lipinski definition) is 0. The number of nitrogens with zero attached hydrogens (tertiary/aromatic N) is 2. The molecule has 1 rings (SSSR count). The first-order chi connectivity index (χ1) is 10.3. The van der Waals surface area contributed by atoms with E-state index in [-0.39, 0.29) is 6.61 Å². The van der Waals surface area contributed by atoms with Gasteiger partial charge in [0.2, 0.25) is 0 Å². The molecule has 0 spiro atoms. The SMILES string of the molecule is CS(=O)(=O)OCCCN(CCCl)P1(=O)OCCCN1CCCl. The van der Waals surface area contributed by atoms with Gasteiger partial charge in [-0.1, -0.05) is 0 Å². The molecule has 0 bridgehead atoms. The van der Waals surface area contributed by atoms with E-state index in [0.717, 1.165) is 12.7 Å². The van der Waals surface area contributed by atoms with E-state index in [1.54, 1.807) is 9.34 Å². The fourth-order valence-corrected chi connectivity index (χ4v) is 5.76. The Kier molecular flexibility index (Phi) is 9.19. The molecule has 0 saturated carbocycles. The van der Waals surface area contributed by atoms with Crippen LogP contribution in [0.4, 0.5) is 0 Å². The second-order valence-electron chi connectivity index (χ2n) is 4.84. The predicted octanol–water partition coefficient (Wildman–Crippen LogP) is 1.96. The Balaban J connectivity index is 2.68. The first kappa shape index (κ1) is 20.6. The van der Waals surface area contributed by atoms with Gasteiger partial charge in [0.1, 0.15) is 0 Å². The summed E-state index contributed by atoms with van der Waals surface area (Å²) in [6.45, 7) is 2.34. The van der Waals surface area contributed by atoms with Crippen molar-refractivity contribution >= 4 is 41.0 Å². The molecule has 0 aromatic carbocycles. The minimum absolute atomic E-state index is 0.0348. The molecule has 1 aliphatic rings. The fourth-order valence-electron chi connectivity index (χ4n) is 2.15. The lowest BCUT2D eigenvalue weighted by molar-refractivity contribution is 0.166. The van der Waals surface area contributed by atoms with E-state index in [0.29, 0.717) is 51.0 Å². The average Bonchev–Trinajstić information content (AvgIpc) is 2.44. The summed E-state index contributed by atoms with van der Waals surface area (Å²) in [7, 11) is -6.62. The van der Waals surface area contributed by atoms with Gasteiger partial charge in [-0.05, 0) is 12.8 Å². The van der Waals surface area contributed by atoms with E-state index in [1.165, 1.54) is 0 Å². The van der Waals surface area contributed by atoms with Gasteiger partial charge in [0.05, 0.1) is 19.5 Å². The van der Waals surface area contributed by atoms with Gasteiger partial charge in [0.15, 0.2) is 0 Å². The summed E-state index contributed by atoms with van der Waals surface area (Å²) < 4.78 is 48.8. The Morgan fingerprint density at radius 2 is 2.05 bits per heavy atom. The van der Waals surface area contributed by atoms with Crippen molar-refractivity contribution in [2.75, 3.05) is 57.4 Å². The smallest absolute Gasteiger partial charge is 0.306 e. The summed E-state index contributed by atoms with van der Waals surface area (Å²) in [5.74, 6) is 0.661.